The Morgan fingerprint density at radius 3 is 2.52 bits per heavy atom. The molecular weight excluding hydrogens is 340 g/mol. The number of carbonyl (C=O) groups is 2. The van der Waals surface area contributed by atoms with Crippen LogP contribution in [-0.4, -0.2) is 36.0 Å². The van der Waals surface area contributed by atoms with Crippen molar-refractivity contribution in [2.24, 2.45) is 0 Å². The van der Waals surface area contributed by atoms with Crippen LogP contribution in [0, 0.1) is 0 Å². The van der Waals surface area contributed by atoms with Crippen LogP contribution in [0.3, 0.4) is 0 Å². The molecule has 1 aliphatic rings. The minimum atomic E-state index is -0.561. The van der Waals surface area contributed by atoms with E-state index in [0.717, 1.165) is 11.3 Å². The van der Waals surface area contributed by atoms with E-state index < -0.39 is 6.04 Å². The van der Waals surface area contributed by atoms with Crippen molar-refractivity contribution in [3.05, 3.63) is 65.7 Å². The molecule has 1 saturated heterocycles. The van der Waals surface area contributed by atoms with Crippen LogP contribution in [0.1, 0.15) is 37.3 Å². The van der Waals surface area contributed by atoms with E-state index in [1.807, 2.05) is 59.5 Å². The zero-order valence-electron chi connectivity index (χ0n) is 15.9. The third-order valence-corrected chi connectivity index (χ3v) is 4.80. The molecule has 1 amide bonds. The molecule has 0 saturated carbocycles. The molecule has 0 radical (unpaired) electrons. The highest BCUT2D eigenvalue weighted by Gasteiger charge is 2.33. The molecule has 27 heavy (non-hydrogen) atoms. The molecule has 3 rings (SSSR count). The number of rotatable bonds is 6. The van der Waals surface area contributed by atoms with Gasteiger partial charge >= 0.3 is 5.97 Å². The summed E-state index contributed by atoms with van der Waals surface area (Å²) >= 11 is 0. The third-order valence-electron chi connectivity index (χ3n) is 4.80. The number of nitrogens with one attached hydrogen (secondary N) is 1. The number of benzene rings is 2. The lowest BCUT2D eigenvalue weighted by Crippen LogP contribution is -2.49. The maximum atomic E-state index is 12.5. The Morgan fingerprint density at radius 1 is 1.15 bits per heavy atom. The van der Waals surface area contributed by atoms with E-state index in [2.05, 4.69) is 19.2 Å². The first kappa shape index (κ1) is 19.1. The van der Waals surface area contributed by atoms with E-state index in [9.17, 15) is 9.59 Å². The number of hydrogen-bond acceptors (Lipinski definition) is 4. The fourth-order valence-electron chi connectivity index (χ4n) is 3.22. The fraction of sp³-hybridized carbons (Fsp3) is 0.364. The van der Waals surface area contributed by atoms with Crippen molar-refractivity contribution in [2.45, 2.75) is 38.8 Å². The number of cyclic esters (lactones) is 1. The summed E-state index contributed by atoms with van der Waals surface area (Å²) < 4.78 is 5.19. The molecule has 1 atom stereocenters. The number of ether oxygens (including phenoxy) is 1. The standard InChI is InChI=1S/C22H26N2O3/c1-16(2)18-8-10-19(11-9-18)23-21(25)14-20-22(26)27-13-12-24(20)15-17-6-4-3-5-7-17/h3-11,16,20H,12-15H2,1-2H3,(H,23,25)/t20-/m0/s1. The van der Waals surface area contributed by atoms with Crippen LogP contribution in [0.4, 0.5) is 5.69 Å². The molecule has 0 bridgehead atoms. The quantitative estimate of drug-likeness (QED) is 0.794. The van der Waals surface area contributed by atoms with Gasteiger partial charge in [0.15, 0.2) is 0 Å². The van der Waals surface area contributed by atoms with Gasteiger partial charge in [0.1, 0.15) is 12.6 Å². The lowest BCUT2D eigenvalue weighted by molar-refractivity contribution is -0.159. The predicted octanol–water partition coefficient (Wildman–Crippen LogP) is 3.57. The number of carbonyl (C=O) groups excluding carboxylic acids is 2. The number of hydrogen-bond donors (Lipinski definition) is 1. The highest BCUT2D eigenvalue weighted by atomic mass is 16.5. The smallest absolute Gasteiger partial charge is 0.323 e. The Hall–Kier alpha value is -2.66. The summed E-state index contributed by atoms with van der Waals surface area (Å²) in [6.07, 6.45) is 0.0810. The van der Waals surface area contributed by atoms with Gasteiger partial charge in [-0.1, -0.05) is 56.3 Å². The van der Waals surface area contributed by atoms with Crippen molar-refractivity contribution in [1.82, 2.24) is 4.90 Å². The maximum Gasteiger partial charge on any atom is 0.323 e. The average molecular weight is 366 g/mol. The summed E-state index contributed by atoms with van der Waals surface area (Å²) in [5.74, 6) is -0.0741. The topological polar surface area (TPSA) is 58.6 Å². The van der Waals surface area contributed by atoms with Gasteiger partial charge in [-0.15, -0.1) is 0 Å². The molecule has 0 aliphatic carbocycles. The predicted molar refractivity (Wildman–Crippen MR) is 105 cm³/mol. The summed E-state index contributed by atoms with van der Waals surface area (Å²) in [5.41, 5.74) is 3.07. The van der Waals surface area contributed by atoms with Crippen LogP contribution in [0.2, 0.25) is 0 Å². The van der Waals surface area contributed by atoms with Crippen LogP contribution >= 0.6 is 0 Å². The van der Waals surface area contributed by atoms with Gasteiger partial charge in [0, 0.05) is 18.8 Å². The first-order valence-electron chi connectivity index (χ1n) is 9.37. The number of nitrogens with zero attached hydrogens (tertiary/aromatic N) is 1. The Kier molecular flexibility index (Phi) is 6.24. The SMILES string of the molecule is CC(C)c1ccc(NC(=O)C[C@H]2C(=O)OCCN2Cc2ccccc2)cc1. The van der Waals surface area contributed by atoms with Crippen molar-refractivity contribution < 1.29 is 14.3 Å². The summed E-state index contributed by atoms with van der Waals surface area (Å²) in [6.45, 7) is 5.87. The minimum Gasteiger partial charge on any atom is -0.463 e. The maximum absolute atomic E-state index is 12.5. The van der Waals surface area contributed by atoms with Gasteiger partial charge in [-0.05, 0) is 29.2 Å². The number of anilines is 1. The number of morpholine rings is 1. The zero-order valence-corrected chi connectivity index (χ0v) is 15.9. The molecule has 1 fully saturated rings. The third kappa shape index (κ3) is 5.17. The van der Waals surface area contributed by atoms with Gasteiger partial charge in [-0.25, -0.2) is 0 Å². The number of esters is 1. The van der Waals surface area contributed by atoms with E-state index in [4.69, 9.17) is 4.74 Å². The van der Waals surface area contributed by atoms with E-state index in [1.165, 1.54) is 5.56 Å². The Bertz CT molecular complexity index is 772. The molecule has 2 aromatic carbocycles. The molecule has 1 aliphatic heterocycles. The Balaban J connectivity index is 1.63. The van der Waals surface area contributed by atoms with Crippen molar-refractivity contribution in [2.75, 3.05) is 18.5 Å². The number of amides is 1. The van der Waals surface area contributed by atoms with E-state index in [-0.39, 0.29) is 18.3 Å². The molecule has 1 N–H and O–H groups in total. The summed E-state index contributed by atoms with van der Waals surface area (Å²) in [4.78, 5) is 26.8. The van der Waals surface area contributed by atoms with Crippen molar-refractivity contribution in [1.29, 1.82) is 0 Å². The molecular formula is C22H26N2O3. The van der Waals surface area contributed by atoms with E-state index >= 15 is 0 Å². The Labute approximate surface area is 160 Å². The van der Waals surface area contributed by atoms with Crippen LogP contribution in [0.5, 0.6) is 0 Å². The molecule has 142 valence electrons. The monoisotopic (exact) mass is 366 g/mol. The molecule has 5 heteroatoms. The van der Waals surface area contributed by atoms with Crippen LogP contribution in [-0.2, 0) is 20.9 Å². The first-order chi connectivity index (χ1) is 13.0. The largest absolute Gasteiger partial charge is 0.463 e. The summed E-state index contributed by atoms with van der Waals surface area (Å²) in [7, 11) is 0. The van der Waals surface area contributed by atoms with Gasteiger partial charge in [0.05, 0.1) is 6.42 Å². The van der Waals surface area contributed by atoms with Crippen LogP contribution < -0.4 is 5.32 Å². The van der Waals surface area contributed by atoms with Crippen LogP contribution in [0.15, 0.2) is 54.6 Å². The fourth-order valence-corrected chi connectivity index (χ4v) is 3.22. The van der Waals surface area contributed by atoms with Crippen LogP contribution in [0.25, 0.3) is 0 Å². The van der Waals surface area contributed by atoms with Gasteiger partial charge in [0.2, 0.25) is 5.91 Å². The lowest BCUT2D eigenvalue weighted by Gasteiger charge is -2.33. The lowest BCUT2D eigenvalue weighted by atomic mass is 10.0. The molecule has 2 aromatic rings. The molecule has 1 heterocycles. The summed E-state index contributed by atoms with van der Waals surface area (Å²) in [5, 5.41) is 2.89. The molecule has 5 nitrogen and oxygen atoms in total. The van der Waals surface area contributed by atoms with Crippen molar-refractivity contribution in [3.8, 4) is 0 Å². The van der Waals surface area contributed by atoms with E-state index in [1.54, 1.807) is 0 Å². The van der Waals surface area contributed by atoms with Gasteiger partial charge in [-0.3, -0.25) is 14.5 Å². The van der Waals surface area contributed by atoms with Gasteiger partial charge in [-0.2, -0.15) is 0 Å². The van der Waals surface area contributed by atoms with Gasteiger partial charge < -0.3 is 10.1 Å². The van der Waals surface area contributed by atoms with E-state index in [0.29, 0.717) is 25.6 Å². The second-order valence-electron chi connectivity index (χ2n) is 7.17. The van der Waals surface area contributed by atoms with Gasteiger partial charge in [0.25, 0.3) is 0 Å². The van der Waals surface area contributed by atoms with Crippen molar-refractivity contribution in [3.63, 3.8) is 0 Å². The highest BCUT2D eigenvalue weighted by molar-refractivity contribution is 5.94. The Morgan fingerprint density at radius 2 is 1.85 bits per heavy atom. The summed E-state index contributed by atoms with van der Waals surface area (Å²) in [6, 6.07) is 17.2. The van der Waals surface area contributed by atoms with Crippen molar-refractivity contribution >= 4 is 17.6 Å². The highest BCUT2D eigenvalue weighted by Crippen LogP contribution is 2.19. The molecule has 0 spiro atoms. The average Bonchev–Trinajstić information content (AvgIpc) is 2.66. The normalized spacial score (nSPS) is 17.6. The first-order valence-corrected chi connectivity index (χ1v) is 9.37. The molecule has 0 aromatic heterocycles. The zero-order chi connectivity index (χ0) is 19.2. The minimum absolute atomic E-state index is 0.0810. The molecule has 0 unspecified atom stereocenters. The second kappa shape index (κ2) is 8.82. The second-order valence-corrected chi connectivity index (χ2v) is 7.17.